The molecule has 31 heavy (non-hydrogen) atoms. The summed E-state index contributed by atoms with van der Waals surface area (Å²) in [6.45, 7) is 10.6. The second-order valence-corrected chi connectivity index (χ2v) is 8.51. The van der Waals surface area contributed by atoms with Crippen molar-refractivity contribution in [1.29, 1.82) is 0 Å². The van der Waals surface area contributed by atoms with Crippen molar-refractivity contribution < 1.29 is 14.3 Å². The van der Waals surface area contributed by atoms with E-state index in [9.17, 15) is 4.79 Å². The Kier molecular flexibility index (Phi) is 9.62. The molecule has 0 unspecified atom stereocenters. The van der Waals surface area contributed by atoms with E-state index in [4.69, 9.17) is 26.2 Å². The molecule has 0 bridgehead atoms. The monoisotopic (exact) mass is 470 g/mol. The van der Waals surface area contributed by atoms with Gasteiger partial charge in [-0.25, -0.2) is 0 Å². The average molecular weight is 471 g/mol. The molecule has 0 saturated carbocycles. The van der Waals surface area contributed by atoms with Gasteiger partial charge in [-0.1, -0.05) is 25.4 Å². The first-order valence-corrected chi connectivity index (χ1v) is 10.7. The summed E-state index contributed by atoms with van der Waals surface area (Å²) in [6.07, 6.45) is 0. The van der Waals surface area contributed by atoms with Crippen LogP contribution >= 0.6 is 24.0 Å². The lowest BCUT2D eigenvalue weighted by atomic mass is 10.2. The van der Waals surface area contributed by atoms with Crippen LogP contribution in [-0.4, -0.2) is 67.1 Å². The number of anilines is 1. The predicted molar refractivity (Wildman–Crippen MR) is 126 cm³/mol. The van der Waals surface area contributed by atoms with E-state index in [0.717, 1.165) is 30.1 Å². The maximum Gasteiger partial charge on any atom is 0.242 e. The molecule has 1 fully saturated rings. The summed E-state index contributed by atoms with van der Waals surface area (Å²) in [5, 5.41) is 5.37. The van der Waals surface area contributed by atoms with Crippen molar-refractivity contribution in [2.24, 2.45) is 5.92 Å². The zero-order valence-corrected chi connectivity index (χ0v) is 20.2. The third-order valence-corrected chi connectivity index (χ3v) is 5.31. The molecule has 1 amide bonds. The molecule has 3 rings (SSSR count). The van der Waals surface area contributed by atoms with Gasteiger partial charge in [0.25, 0.3) is 0 Å². The number of rotatable bonds is 9. The topological polar surface area (TPSA) is 59.8 Å². The summed E-state index contributed by atoms with van der Waals surface area (Å²) in [5.74, 6) is 1.99. The van der Waals surface area contributed by atoms with Crippen LogP contribution in [0.3, 0.4) is 0 Å². The summed E-state index contributed by atoms with van der Waals surface area (Å²) in [4.78, 5) is 16.5. The van der Waals surface area contributed by atoms with Gasteiger partial charge in [-0.2, -0.15) is 5.10 Å². The Morgan fingerprint density at radius 1 is 1.23 bits per heavy atom. The molecule has 1 saturated heterocycles. The second kappa shape index (κ2) is 11.7. The first-order chi connectivity index (χ1) is 14.4. The number of hydrogen-bond acceptors (Lipinski definition) is 5. The number of carbonyl (C=O) groups is 1. The minimum Gasteiger partial charge on any atom is -0.493 e. The normalized spacial score (nSPS) is 14.8. The molecule has 0 aliphatic carbocycles. The predicted octanol–water partition coefficient (Wildman–Crippen LogP) is 3.64. The lowest BCUT2D eigenvalue weighted by molar-refractivity contribution is -0.121. The third-order valence-electron chi connectivity index (χ3n) is 5.07. The van der Waals surface area contributed by atoms with Crippen molar-refractivity contribution in [3.8, 4) is 5.75 Å². The van der Waals surface area contributed by atoms with Crippen molar-refractivity contribution in [2.45, 2.75) is 27.3 Å². The van der Waals surface area contributed by atoms with Gasteiger partial charge in [-0.3, -0.25) is 19.3 Å². The average Bonchev–Trinajstić information content (AvgIpc) is 3.05. The van der Waals surface area contributed by atoms with Gasteiger partial charge in [-0.05, 0) is 31.0 Å². The molecule has 2 heterocycles. The van der Waals surface area contributed by atoms with Gasteiger partial charge in [-0.15, -0.1) is 12.4 Å². The van der Waals surface area contributed by atoms with Crippen molar-refractivity contribution in [3.05, 3.63) is 40.5 Å². The molecule has 172 valence electrons. The van der Waals surface area contributed by atoms with Gasteiger partial charge in [0.2, 0.25) is 5.91 Å². The molecule has 0 radical (unpaired) electrons. The molecule has 0 spiro atoms. The van der Waals surface area contributed by atoms with Crippen molar-refractivity contribution in [3.63, 3.8) is 0 Å². The van der Waals surface area contributed by atoms with Crippen molar-refractivity contribution in [2.75, 3.05) is 51.4 Å². The van der Waals surface area contributed by atoms with Crippen LogP contribution in [0, 0.1) is 12.8 Å². The second-order valence-electron chi connectivity index (χ2n) is 8.07. The van der Waals surface area contributed by atoms with E-state index in [2.05, 4.69) is 18.7 Å². The molecule has 1 aliphatic heterocycles. The molecule has 1 aromatic heterocycles. The van der Waals surface area contributed by atoms with Crippen LogP contribution in [-0.2, 0) is 16.1 Å². The van der Waals surface area contributed by atoms with E-state index in [1.807, 2.05) is 35.9 Å². The van der Waals surface area contributed by atoms with Crippen molar-refractivity contribution in [1.82, 2.24) is 14.7 Å². The molecule has 0 atom stereocenters. The summed E-state index contributed by atoms with van der Waals surface area (Å²) < 4.78 is 13.0. The molecule has 1 aliphatic rings. The Morgan fingerprint density at radius 3 is 2.68 bits per heavy atom. The van der Waals surface area contributed by atoms with Gasteiger partial charge in [0.15, 0.2) is 5.82 Å². The summed E-state index contributed by atoms with van der Waals surface area (Å²) >= 11 is 6.23. The first kappa shape index (κ1) is 25.5. The van der Waals surface area contributed by atoms with Gasteiger partial charge in [0.1, 0.15) is 5.75 Å². The van der Waals surface area contributed by atoms with Crippen LogP contribution in [0.4, 0.5) is 5.82 Å². The fourth-order valence-corrected chi connectivity index (χ4v) is 3.58. The number of hydrogen-bond donors (Lipinski definition) is 0. The third kappa shape index (κ3) is 6.84. The standard InChI is InChI=1S/C22H31ClN4O3.ClH/c1-16(2)15-30-20-6-5-19(23)12-18(20)13-27-17(3)11-21(24-27)26-8-7-25(9-10-29-4)14-22(26)28;/h5-6,11-12,16H,7-10,13-15H2,1-4H3;1H. The molecule has 2 aromatic rings. The first-order valence-electron chi connectivity index (χ1n) is 10.3. The summed E-state index contributed by atoms with van der Waals surface area (Å²) in [6, 6.07) is 7.62. The SMILES string of the molecule is COCCN1CCN(c2cc(C)n(Cc3cc(Cl)ccc3OCC(C)C)n2)C(=O)C1.Cl. The Morgan fingerprint density at radius 2 is 2.00 bits per heavy atom. The molecule has 1 aromatic carbocycles. The largest absolute Gasteiger partial charge is 0.493 e. The van der Waals surface area contributed by atoms with Gasteiger partial charge in [0.05, 0.1) is 26.3 Å². The number of piperazine rings is 1. The fraction of sp³-hybridized carbons (Fsp3) is 0.545. The molecular weight excluding hydrogens is 439 g/mol. The Labute approximate surface area is 195 Å². The maximum atomic E-state index is 12.7. The number of carbonyl (C=O) groups excluding carboxylic acids is 1. The quantitative estimate of drug-likeness (QED) is 0.559. The number of methoxy groups -OCH3 is 1. The van der Waals surface area contributed by atoms with E-state index in [1.54, 1.807) is 12.0 Å². The highest BCUT2D eigenvalue weighted by atomic mass is 35.5. The lowest BCUT2D eigenvalue weighted by Crippen LogP contribution is -2.51. The Balaban J connectivity index is 0.00000341. The molecule has 0 N–H and O–H groups in total. The minimum atomic E-state index is 0. The fourth-order valence-electron chi connectivity index (χ4n) is 3.39. The summed E-state index contributed by atoms with van der Waals surface area (Å²) in [7, 11) is 1.67. The Hall–Kier alpha value is -1.80. The summed E-state index contributed by atoms with van der Waals surface area (Å²) in [5.41, 5.74) is 1.95. The molecular formula is C22H32Cl2N4O3. The number of ether oxygens (including phenoxy) is 2. The zero-order valence-electron chi connectivity index (χ0n) is 18.6. The molecule has 9 heteroatoms. The van der Waals surface area contributed by atoms with Gasteiger partial charge >= 0.3 is 0 Å². The Bertz CT molecular complexity index is 872. The maximum absolute atomic E-state index is 12.7. The van der Waals surface area contributed by atoms with E-state index in [0.29, 0.717) is 49.6 Å². The van der Waals surface area contributed by atoms with Crippen LogP contribution < -0.4 is 9.64 Å². The van der Waals surface area contributed by atoms with Crippen LogP contribution in [0.2, 0.25) is 5.02 Å². The van der Waals surface area contributed by atoms with E-state index >= 15 is 0 Å². The number of nitrogens with zero attached hydrogens (tertiary/aromatic N) is 4. The highest BCUT2D eigenvalue weighted by molar-refractivity contribution is 6.30. The van der Waals surface area contributed by atoms with E-state index in [1.165, 1.54) is 0 Å². The number of benzene rings is 1. The van der Waals surface area contributed by atoms with Crippen LogP contribution in [0.1, 0.15) is 25.1 Å². The number of aryl methyl sites for hydroxylation is 1. The van der Waals surface area contributed by atoms with Crippen LogP contribution in [0.5, 0.6) is 5.75 Å². The van der Waals surface area contributed by atoms with E-state index < -0.39 is 0 Å². The van der Waals surface area contributed by atoms with Gasteiger partial charge < -0.3 is 9.47 Å². The number of amides is 1. The highest BCUT2D eigenvalue weighted by Gasteiger charge is 2.27. The number of aromatic nitrogens is 2. The zero-order chi connectivity index (χ0) is 21.7. The van der Waals surface area contributed by atoms with Gasteiger partial charge in [0, 0.05) is 49.1 Å². The number of halogens is 2. The molecule has 7 nitrogen and oxygen atoms in total. The minimum absolute atomic E-state index is 0. The lowest BCUT2D eigenvalue weighted by Gasteiger charge is -2.32. The van der Waals surface area contributed by atoms with Crippen LogP contribution in [0.25, 0.3) is 0 Å². The smallest absolute Gasteiger partial charge is 0.242 e. The van der Waals surface area contributed by atoms with Crippen molar-refractivity contribution >= 4 is 35.7 Å². The highest BCUT2D eigenvalue weighted by Crippen LogP contribution is 2.26. The van der Waals surface area contributed by atoms with Crippen LogP contribution in [0.15, 0.2) is 24.3 Å². The van der Waals surface area contributed by atoms with E-state index in [-0.39, 0.29) is 18.3 Å².